The van der Waals surface area contributed by atoms with Crippen molar-refractivity contribution in [3.8, 4) is 0 Å². The van der Waals surface area contributed by atoms with E-state index in [1.54, 1.807) is 12.4 Å². The molecule has 0 spiro atoms. The van der Waals surface area contributed by atoms with Crippen molar-refractivity contribution < 1.29 is 9.90 Å². The highest BCUT2D eigenvalue weighted by atomic mass is 32.1. The van der Waals surface area contributed by atoms with Gasteiger partial charge in [0.05, 0.1) is 17.6 Å². The molecule has 0 saturated carbocycles. The van der Waals surface area contributed by atoms with Crippen molar-refractivity contribution in [1.29, 1.82) is 0 Å². The highest BCUT2D eigenvalue weighted by Crippen LogP contribution is 2.39. The van der Waals surface area contributed by atoms with Gasteiger partial charge in [0.1, 0.15) is 5.92 Å². The molecule has 0 bridgehead atoms. The zero-order valence-corrected chi connectivity index (χ0v) is 11.2. The van der Waals surface area contributed by atoms with E-state index in [0.717, 1.165) is 33.4 Å². The average molecular weight is 275 g/mol. The van der Waals surface area contributed by atoms with Gasteiger partial charge in [0.2, 0.25) is 0 Å². The van der Waals surface area contributed by atoms with Gasteiger partial charge >= 0.3 is 5.97 Å². The van der Waals surface area contributed by atoms with Crippen LogP contribution in [-0.4, -0.2) is 21.0 Å². The van der Waals surface area contributed by atoms with Crippen LogP contribution in [0.3, 0.4) is 0 Å². The molecule has 1 unspecified atom stereocenters. The second-order valence-corrected chi connectivity index (χ2v) is 5.72. The number of carbonyl (C=O) groups is 1. The lowest BCUT2D eigenvalue weighted by Crippen LogP contribution is -2.08. The summed E-state index contributed by atoms with van der Waals surface area (Å²) in [5.74, 6) is -1.23. The van der Waals surface area contributed by atoms with Crippen LogP contribution in [0.4, 0.5) is 10.8 Å². The van der Waals surface area contributed by atoms with Crippen LogP contribution < -0.4 is 5.32 Å². The maximum atomic E-state index is 11.1. The smallest absolute Gasteiger partial charge is 0.312 e. The SMILES string of the molecule is Cc1cncc(Nc2nc3c(s2)CCC3C(=O)O)c1. The van der Waals surface area contributed by atoms with Crippen LogP contribution in [0.15, 0.2) is 18.5 Å². The van der Waals surface area contributed by atoms with E-state index in [1.807, 2.05) is 13.0 Å². The van der Waals surface area contributed by atoms with Crippen LogP contribution in [-0.2, 0) is 11.2 Å². The van der Waals surface area contributed by atoms with Crippen LogP contribution in [0, 0.1) is 6.92 Å². The molecule has 0 aromatic carbocycles. The van der Waals surface area contributed by atoms with E-state index in [1.165, 1.54) is 11.3 Å². The number of carboxylic acids is 1. The highest BCUT2D eigenvalue weighted by Gasteiger charge is 2.32. The maximum Gasteiger partial charge on any atom is 0.312 e. The van der Waals surface area contributed by atoms with E-state index in [-0.39, 0.29) is 0 Å². The molecule has 1 atom stereocenters. The van der Waals surface area contributed by atoms with Gasteiger partial charge in [-0.05, 0) is 31.4 Å². The third-order valence-electron chi connectivity index (χ3n) is 3.14. The Bertz CT molecular complexity index is 639. The van der Waals surface area contributed by atoms with E-state index < -0.39 is 11.9 Å². The minimum atomic E-state index is -0.784. The van der Waals surface area contributed by atoms with E-state index in [2.05, 4.69) is 15.3 Å². The van der Waals surface area contributed by atoms with E-state index in [4.69, 9.17) is 5.11 Å². The Morgan fingerprint density at radius 2 is 2.37 bits per heavy atom. The molecule has 1 aliphatic carbocycles. The molecule has 98 valence electrons. The topological polar surface area (TPSA) is 75.1 Å². The first-order chi connectivity index (χ1) is 9.13. The van der Waals surface area contributed by atoms with Crippen molar-refractivity contribution in [2.75, 3.05) is 5.32 Å². The monoisotopic (exact) mass is 275 g/mol. The van der Waals surface area contributed by atoms with Crippen LogP contribution in [0.1, 0.15) is 28.5 Å². The summed E-state index contributed by atoms with van der Waals surface area (Å²) >= 11 is 1.53. The van der Waals surface area contributed by atoms with Gasteiger partial charge in [-0.2, -0.15) is 0 Å². The zero-order chi connectivity index (χ0) is 13.4. The van der Waals surface area contributed by atoms with Gasteiger partial charge in [-0.3, -0.25) is 9.78 Å². The van der Waals surface area contributed by atoms with Crippen molar-refractivity contribution in [2.45, 2.75) is 25.7 Å². The number of anilines is 2. The summed E-state index contributed by atoms with van der Waals surface area (Å²) in [5, 5.41) is 13.1. The van der Waals surface area contributed by atoms with Crippen molar-refractivity contribution in [2.24, 2.45) is 0 Å². The normalized spacial score (nSPS) is 17.2. The second-order valence-electron chi connectivity index (χ2n) is 4.63. The molecule has 0 saturated heterocycles. The number of aliphatic carboxylic acids is 1. The van der Waals surface area contributed by atoms with Crippen LogP contribution in [0.5, 0.6) is 0 Å². The molecular formula is C13H13N3O2S. The lowest BCUT2D eigenvalue weighted by molar-refractivity contribution is -0.138. The molecule has 19 heavy (non-hydrogen) atoms. The predicted octanol–water partition coefficient (Wildman–Crippen LogP) is 2.70. The number of hydrogen-bond donors (Lipinski definition) is 2. The molecule has 0 amide bonds. The Hall–Kier alpha value is -1.95. The van der Waals surface area contributed by atoms with Crippen LogP contribution in [0.2, 0.25) is 0 Å². The number of pyridine rings is 1. The third kappa shape index (κ3) is 2.31. The van der Waals surface area contributed by atoms with E-state index >= 15 is 0 Å². The fourth-order valence-electron chi connectivity index (χ4n) is 2.27. The number of rotatable bonds is 3. The Morgan fingerprint density at radius 1 is 1.53 bits per heavy atom. The molecule has 3 rings (SSSR count). The molecule has 0 radical (unpaired) electrons. The Labute approximate surface area is 114 Å². The standard InChI is InChI=1S/C13H13N3O2S/c1-7-4-8(6-14-5-7)15-13-16-11-9(12(17)18)2-3-10(11)19-13/h4-6,9H,2-3H2,1H3,(H,15,16)(H,17,18). The lowest BCUT2D eigenvalue weighted by atomic mass is 10.1. The van der Waals surface area contributed by atoms with Gasteiger partial charge in [0.25, 0.3) is 0 Å². The third-order valence-corrected chi connectivity index (χ3v) is 4.19. The number of carboxylic acid groups (broad SMARTS) is 1. The molecule has 2 N–H and O–H groups in total. The van der Waals surface area contributed by atoms with Gasteiger partial charge in [-0.1, -0.05) is 0 Å². The Morgan fingerprint density at radius 3 is 3.11 bits per heavy atom. The first-order valence-electron chi connectivity index (χ1n) is 6.04. The molecule has 0 fully saturated rings. The molecule has 2 aromatic rings. The molecular weight excluding hydrogens is 262 g/mol. The first kappa shape index (κ1) is 12.1. The zero-order valence-electron chi connectivity index (χ0n) is 10.4. The minimum absolute atomic E-state index is 0.447. The van der Waals surface area contributed by atoms with Gasteiger partial charge < -0.3 is 10.4 Å². The quantitative estimate of drug-likeness (QED) is 0.900. The van der Waals surface area contributed by atoms with Crippen molar-refractivity contribution in [3.63, 3.8) is 0 Å². The molecule has 2 heterocycles. The van der Waals surface area contributed by atoms with Crippen LogP contribution >= 0.6 is 11.3 Å². The van der Waals surface area contributed by atoms with Gasteiger partial charge in [-0.15, -0.1) is 11.3 Å². The fourth-order valence-corrected chi connectivity index (χ4v) is 3.33. The molecule has 2 aromatic heterocycles. The Kier molecular flexibility index (Phi) is 2.94. The summed E-state index contributed by atoms with van der Waals surface area (Å²) in [6, 6.07) is 1.98. The summed E-state index contributed by atoms with van der Waals surface area (Å²) in [6.07, 6.45) is 4.98. The number of nitrogens with zero attached hydrogens (tertiary/aromatic N) is 2. The average Bonchev–Trinajstić information content (AvgIpc) is 2.87. The largest absolute Gasteiger partial charge is 0.481 e. The van der Waals surface area contributed by atoms with E-state index in [0.29, 0.717) is 6.42 Å². The van der Waals surface area contributed by atoms with Gasteiger partial charge in [0.15, 0.2) is 5.13 Å². The number of aromatic nitrogens is 2. The highest BCUT2D eigenvalue weighted by molar-refractivity contribution is 7.15. The second kappa shape index (κ2) is 4.62. The summed E-state index contributed by atoms with van der Waals surface area (Å²) in [5.41, 5.74) is 2.66. The molecule has 6 heteroatoms. The summed E-state index contributed by atoms with van der Waals surface area (Å²) in [6.45, 7) is 1.97. The number of thiazole rings is 1. The van der Waals surface area contributed by atoms with Crippen molar-refractivity contribution >= 4 is 28.1 Å². The lowest BCUT2D eigenvalue weighted by Gasteiger charge is -2.04. The number of hydrogen-bond acceptors (Lipinski definition) is 5. The number of aryl methyl sites for hydroxylation is 2. The molecule has 1 aliphatic rings. The van der Waals surface area contributed by atoms with Gasteiger partial charge in [0, 0.05) is 11.1 Å². The Balaban J connectivity index is 1.85. The van der Waals surface area contributed by atoms with Gasteiger partial charge in [-0.25, -0.2) is 4.98 Å². The van der Waals surface area contributed by atoms with Crippen molar-refractivity contribution in [3.05, 3.63) is 34.6 Å². The minimum Gasteiger partial charge on any atom is -0.481 e. The van der Waals surface area contributed by atoms with E-state index in [9.17, 15) is 4.79 Å². The number of nitrogens with one attached hydrogen (secondary N) is 1. The molecule has 0 aliphatic heterocycles. The molecule has 5 nitrogen and oxygen atoms in total. The summed E-state index contributed by atoms with van der Waals surface area (Å²) in [7, 11) is 0. The number of fused-ring (bicyclic) bond motifs is 1. The summed E-state index contributed by atoms with van der Waals surface area (Å²) < 4.78 is 0. The fraction of sp³-hybridized carbons (Fsp3) is 0.308. The predicted molar refractivity (Wildman–Crippen MR) is 73.1 cm³/mol. The first-order valence-corrected chi connectivity index (χ1v) is 6.86. The van der Waals surface area contributed by atoms with Crippen LogP contribution in [0.25, 0.3) is 0 Å². The maximum absolute atomic E-state index is 11.1. The van der Waals surface area contributed by atoms with Crippen molar-refractivity contribution in [1.82, 2.24) is 9.97 Å². The summed E-state index contributed by atoms with van der Waals surface area (Å²) in [4.78, 5) is 20.7.